The predicted molar refractivity (Wildman–Crippen MR) is 131 cm³/mol. The minimum absolute atomic E-state index is 0.0220. The summed E-state index contributed by atoms with van der Waals surface area (Å²) in [7, 11) is 0. The van der Waals surface area contributed by atoms with Crippen LogP contribution in [0, 0.1) is 23.7 Å². The number of halogens is 3. The normalized spacial score (nSPS) is 14.7. The number of azo groups is 1. The summed E-state index contributed by atoms with van der Waals surface area (Å²) in [4.78, 5) is 30.8. The van der Waals surface area contributed by atoms with Crippen molar-refractivity contribution >= 4 is 28.1 Å². The van der Waals surface area contributed by atoms with Gasteiger partial charge < -0.3 is 9.88 Å². The van der Waals surface area contributed by atoms with Crippen LogP contribution < -0.4 is 5.56 Å². The molecule has 0 aliphatic carbocycles. The first-order valence-electron chi connectivity index (χ1n) is 11.5. The third-order valence-corrected chi connectivity index (χ3v) is 6.45. The van der Waals surface area contributed by atoms with Crippen LogP contribution in [0.5, 0.6) is 0 Å². The molecule has 1 fully saturated rings. The molecule has 0 bridgehead atoms. The Morgan fingerprint density at radius 1 is 1.16 bits per heavy atom. The second kappa shape index (κ2) is 9.48. The number of fused-ring (bicyclic) bond motifs is 2. The van der Waals surface area contributed by atoms with Crippen LogP contribution >= 0.6 is 0 Å². The number of piperidine rings is 1. The number of aromatic amines is 1. The number of H-pyrrole nitrogens is 1. The van der Waals surface area contributed by atoms with Crippen LogP contribution in [-0.2, 0) is 0 Å². The van der Waals surface area contributed by atoms with E-state index in [9.17, 15) is 28.0 Å². The van der Waals surface area contributed by atoms with Crippen molar-refractivity contribution in [1.29, 1.82) is 5.26 Å². The van der Waals surface area contributed by atoms with E-state index in [-0.39, 0.29) is 28.6 Å². The summed E-state index contributed by atoms with van der Waals surface area (Å²) in [6, 6.07) is 12.5. The van der Waals surface area contributed by atoms with Crippen LogP contribution in [0.3, 0.4) is 0 Å². The van der Waals surface area contributed by atoms with Crippen LogP contribution in [0.15, 0.2) is 57.5 Å². The van der Waals surface area contributed by atoms with Gasteiger partial charge in [-0.25, -0.2) is 0 Å². The molecule has 2 aromatic heterocycles. The van der Waals surface area contributed by atoms with Crippen LogP contribution in [0.4, 0.5) is 18.9 Å². The number of terminal acetylenes is 1. The topological polar surface area (TPSA) is 119 Å². The maximum absolute atomic E-state index is 13.1. The average Bonchev–Trinajstić information content (AvgIpc) is 3.30. The Hall–Kier alpha value is -4.97. The van der Waals surface area contributed by atoms with Crippen LogP contribution in [0.1, 0.15) is 45.9 Å². The molecule has 1 saturated heterocycles. The molecule has 12 heteroatoms. The summed E-state index contributed by atoms with van der Waals surface area (Å²) in [5, 5.41) is 20.1. The van der Waals surface area contributed by atoms with E-state index in [1.807, 2.05) is 0 Å². The number of benzene rings is 2. The van der Waals surface area contributed by atoms with Crippen molar-refractivity contribution in [2.45, 2.75) is 25.1 Å². The SMILES string of the molecule is C#Cc1ccc2[nH]c3c(C#N)c(C4CCN(C(=O)c5ccc(/N=N\C(F)(F)F)cc5)CC4)nn3c(=O)c2c1. The summed E-state index contributed by atoms with van der Waals surface area (Å²) in [5.41, 5.74) is 2.05. The van der Waals surface area contributed by atoms with Gasteiger partial charge in [-0.15, -0.1) is 24.7 Å². The van der Waals surface area contributed by atoms with E-state index in [1.54, 1.807) is 23.1 Å². The minimum Gasteiger partial charge on any atom is -0.339 e. The molecule has 38 heavy (non-hydrogen) atoms. The van der Waals surface area contributed by atoms with Gasteiger partial charge in [-0.2, -0.15) is 14.9 Å². The fraction of sp³-hybridized carbons (Fsp3) is 0.231. The summed E-state index contributed by atoms with van der Waals surface area (Å²) in [6.45, 7) is 0.748. The summed E-state index contributed by atoms with van der Waals surface area (Å²) >= 11 is 0. The lowest BCUT2D eigenvalue weighted by molar-refractivity contribution is -0.125. The van der Waals surface area contributed by atoms with Gasteiger partial charge in [-0.05, 0) is 55.3 Å². The zero-order valence-electron chi connectivity index (χ0n) is 19.7. The molecule has 3 heterocycles. The molecule has 4 aromatic rings. The molecule has 1 aliphatic heterocycles. The van der Waals surface area contributed by atoms with Gasteiger partial charge >= 0.3 is 6.30 Å². The van der Waals surface area contributed by atoms with Gasteiger partial charge in [0.2, 0.25) is 0 Å². The smallest absolute Gasteiger partial charge is 0.339 e. The van der Waals surface area contributed by atoms with Gasteiger partial charge in [0.05, 0.1) is 22.3 Å². The zero-order valence-corrected chi connectivity index (χ0v) is 19.7. The Morgan fingerprint density at radius 3 is 2.50 bits per heavy atom. The van der Waals surface area contributed by atoms with E-state index in [2.05, 4.69) is 32.3 Å². The first-order valence-corrected chi connectivity index (χ1v) is 11.5. The molecule has 1 amide bonds. The van der Waals surface area contributed by atoms with Gasteiger partial charge in [0.15, 0.2) is 5.65 Å². The van der Waals surface area contributed by atoms with Crippen molar-refractivity contribution in [1.82, 2.24) is 19.5 Å². The van der Waals surface area contributed by atoms with E-state index in [0.717, 1.165) is 0 Å². The van der Waals surface area contributed by atoms with Crippen LogP contribution in [0.2, 0.25) is 0 Å². The Bertz CT molecular complexity index is 1730. The summed E-state index contributed by atoms with van der Waals surface area (Å²) in [5.74, 6) is 2.07. The quantitative estimate of drug-likeness (QED) is 0.242. The van der Waals surface area contributed by atoms with Gasteiger partial charge in [-0.3, -0.25) is 9.59 Å². The first kappa shape index (κ1) is 24.7. The standard InChI is InChI=1S/C26H18F3N7O2/c1-2-15-3-8-21-19(13-15)25(38)36-23(31-21)20(14-30)22(33-36)16-9-11-35(12-10-16)24(37)17-4-6-18(7-5-17)32-34-26(27,28)29/h1,3-8,13,16,31H,9-12H2/b34-32-. The van der Waals surface area contributed by atoms with E-state index in [1.165, 1.54) is 28.8 Å². The molecule has 0 spiro atoms. The lowest BCUT2D eigenvalue weighted by atomic mass is 9.91. The minimum atomic E-state index is -4.77. The number of nitriles is 1. The van der Waals surface area contributed by atoms with Crippen molar-refractivity contribution in [2.75, 3.05) is 13.1 Å². The average molecular weight is 517 g/mol. The highest BCUT2D eigenvalue weighted by molar-refractivity contribution is 5.94. The number of likely N-dealkylation sites (tertiary alicyclic amines) is 1. The Labute approximate surface area is 213 Å². The molecule has 2 aromatic carbocycles. The highest BCUT2D eigenvalue weighted by Gasteiger charge is 2.30. The molecule has 0 radical (unpaired) electrons. The van der Waals surface area contributed by atoms with Gasteiger partial charge in [0.1, 0.15) is 11.6 Å². The van der Waals surface area contributed by atoms with Gasteiger partial charge in [0, 0.05) is 30.1 Å². The Balaban J connectivity index is 1.35. The number of carbonyl (C=O) groups excluding carboxylic acids is 1. The predicted octanol–water partition coefficient (Wildman–Crippen LogP) is 4.65. The molecule has 5 rings (SSSR count). The molecule has 0 unspecified atom stereocenters. The number of carbonyl (C=O) groups is 1. The molecule has 1 aliphatic rings. The van der Waals surface area contributed by atoms with E-state index >= 15 is 0 Å². The Morgan fingerprint density at radius 2 is 1.87 bits per heavy atom. The number of alkyl halides is 3. The molecular weight excluding hydrogens is 499 g/mol. The molecule has 1 N–H and O–H groups in total. The van der Waals surface area contributed by atoms with Gasteiger partial charge in [0.25, 0.3) is 11.5 Å². The number of amides is 1. The third kappa shape index (κ3) is 4.60. The highest BCUT2D eigenvalue weighted by Crippen LogP contribution is 2.31. The fourth-order valence-corrected chi connectivity index (χ4v) is 4.58. The third-order valence-electron chi connectivity index (χ3n) is 6.45. The molecule has 190 valence electrons. The number of hydrogen-bond donors (Lipinski definition) is 1. The second-order valence-electron chi connectivity index (χ2n) is 8.75. The van der Waals surface area contributed by atoms with E-state index in [4.69, 9.17) is 6.42 Å². The van der Waals surface area contributed by atoms with Crippen molar-refractivity contribution in [2.24, 2.45) is 10.2 Å². The maximum Gasteiger partial charge on any atom is 0.521 e. The molecule has 9 nitrogen and oxygen atoms in total. The lowest BCUT2D eigenvalue weighted by Gasteiger charge is -2.31. The van der Waals surface area contributed by atoms with Crippen molar-refractivity contribution < 1.29 is 18.0 Å². The number of rotatable bonds is 3. The molecule has 0 atom stereocenters. The molecule has 0 saturated carbocycles. The number of nitrogens with zero attached hydrogens (tertiary/aromatic N) is 6. The van der Waals surface area contributed by atoms with Crippen molar-refractivity contribution in [3.63, 3.8) is 0 Å². The summed E-state index contributed by atoms with van der Waals surface area (Å²) < 4.78 is 37.8. The second-order valence-corrected chi connectivity index (χ2v) is 8.75. The largest absolute Gasteiger partial charge is 0.521 e. The zero-order chi connectivity index (χ0) is 27.0. The van der Waals surface area contributed by atoms with Gasteiger partial charge in [-0.1, -0.05) is 11.0 Å². The Kier molecular flexibility index (Phi) is 6.17. The fourth-order valence-electron chi connectivity index (χ4n) is 4.58. The number of nitrogens with one attached hydrogen (secondary N) is 1. The maximum atomic E-state index is 13.1. The van der Waals surface area contributed by atoms with E-state index < -0.39 is 6.30 Å². The lowest BCUT2D eigenvalue weighted by Crippen LogP contribution is -2.38. The first-order chi connectivity index (χ1) is 18.2. The van der Waals surface area contributed by atoms with Crippen LogP contribution in [0.25, 0.3) is 16.6 Å². The highest BCUT2D eigenvalue weighted by atomic mass is 19.4. The summed E-state index contributed by atoms with van der Waals surface area (Å²) in [6.07, 6.45) is 1.71. The number of aromatic nitrogens is 3. The van der Waals surface area contributed by atoms with Crippen molar-refractivity contribution in [3.05, 3.63) is 75.2 Å². The van der Waals surface area contributed by atoms with Crippen molar-refractivity contribution in [3.8, 4) is 18.4 Å². The number of hydrogen-bond acceptors (Lipinski definition) is 6. The molecular formula is C26H18F3N7O2. The monoisotopic (exact) mass is 517 g/mol. The van der Waals surface area contributed by atoms with E-state index in [0.29, 0.717) is 59.3 Å². The van der Waals surface area contributed by atoms with Crippen LogP contribution in [-0.4, -0.2) is 44.8 Å².